The lowest BCUT2D eigenvalue weighted by atomic mass is 10.3. The molecule has 0 heterocycles. The van der Waals surface area contributed by atoms with Crippen molar-refractivity contribution in [1.29, 1.82) is 0 Å². The molecule has 0 atom stereocenters. The molecule has 0 saturated carbocycles. The van der Waals surface area contributed by atoms with E-state index < -0.39 is 20.0 Å². The minimum atomic E-state index is -3.78. The first-order valence-corrected chi connectivity index (χ1v) is 9.82. The third-order valence-electron chi connectivity index (χ3n) is 2.79. The van der Waals surface area contributed by atoms with E-state index in [4.69, 9.17) is 4.74 Å². The molecule has 0 spiro atoms. The second-order valence-electron chi connectivity index (χ2n) is 4.74. The lowest BCUT2D eigenvalue weighted by Gasteiger charge is -2.10. The Balaban J connectivity index is 2.22. The minimum Gasteiger partial charge on any atom is -0.497 e. The van der Waals surface area contributed by atoms with Crippen molar-refractivity contribution >= 4 is 31.4 Å². The number of rotatable bonds is 6. The molecule has 0 radical (unpaired) electrons. The molecule has 0 aromatic heterocycles. The first-order chi connectivity index (χ1) is 10.7. The molecule has 0 bridgehead atoms. The standard InChI is InChI=1S/C14H16N2O5S2/c1-21-13-5-3-4-12(10-13)16-23(19,20)14-8-6-11(7-9-14)15-22(2,17)18/h3-10,15-16H,1-2H3. The normalized spacial score (nSPS) is 11.7. The van der Waals surface area contributed by atoms with Gasteiger partial charge in [-0.1, -0.05) is 6.07 Å². The summed E-state index contributed by atoms with van der Waals surface area (Å²) in [7, 11) is -5.71. The fourth-order valence-electron chi connectivity index (χ4n) is 1.82. The Morgan fingerprint density at radius 1 is 0.870 bits per heavy atom. The summed E-state index contributed by atoms with van der Waals surface area (Å²) in [5.41, 5.74) is 0.649. The van der Waals surface area contributed by atoms with Gasteiger partial charge >= 0.3 is 0 Å². The summed E-state index contributed by atoms with van der Waals surface area (Å²) in [6.45, 7) is 0. The van der Waals surface area contributed by atoms with Crippen LogP contribution in [0.2, 0.25) is 0 Å². The number of ether oxygens (including phenoxy) is 1. The van der Waals surface area contributed by atoms with Gasteiger partial charge in [0.1, 0.15) is 5.75 Å². The maximum Gasteiger partial charge on any atom is 0.261 e. The molecule has 0 fully saturated rings. The summed E-state index contributed by atoms with van der Waals surface area (Å²) >= 11 is 0. The molecular weight excluding hydrogens is 340 g/mol. The van der Waals surface area contributed by atoms with Crippen molar-refractivity contribution in [1.82, 2.24) is 0 Å². The molecule has 2 rings (SSSR count). The second kappa shape index (κ2) is 6.47. The average Bonchev–Trinajstić information content (AvgIpc) is 2.46. The fourth-order valence-corrected chi connectivity index (χ4v) is 3.43. The SMILES string of the molecule is COc1cccc(NS(=O)(=O)c2ccc(NS(C)(=O)=O)cc2)c1. The summed E-state index contributed by atoms with van der Waals surface area (Å²) in [4.78, 5) is 0.0133. The highest BCUT2D eigenvalue weighted by atomic mass is 32.2. The van der Waals surface area contributed by atoms with Crippen molar-refractivity contribution in [3.63, 3.8) is 0 Å². The first-order valence-electron chi connectivity index (χ1n) is 6.44. The Bertz CT molecular complexity index is 891. The minimum absolute atomic E-state index is 0.0133. The van der Waals surface area contributed by atoms with Gasteiger partial charge in [-0.05, 0) is 36.4 Å². The molecule has 0 amide bonds. The molecule has 7 nitrogen and oxygen atoms in total. The molecule has 124 valence electrons. The van der Waals surface area contributed by atoms with Crippen LogP contribution in [-0.2, 0) is 20.0 Å². The number of methoxy groups -OCH3 is 1. The predicted octanol–water partition coefficient (Wildman–Crippen LogP) is 1.87. The average molecular weight is 356 g/mol. The molecule has 9 heteroatoms. The van der Waals surface area contributed by atoms with Crippen molar-refractivity contribution in [2.45, 2.75) is 4.90 Å². The van der Waals surface area contributed by atoms with Gasteiger partial charge in [-0.2, -0.15) is 0 Å². The molecule has 0 aliphatic heterocycles. The highest BCUT2D eigenvalue weighted by Crippen LogP contribution is 2.21. The molecule has 23 heavy (non-hydrogen) atoms. The fraction of sp³-hybridized carbons (Fsp3) is 0.143. The van der Waals surface area contributed by atoms with E-state index in [2.05, 4.69) is 9.44 Å². The smallest absolute Gasteiger partial charge is 0.261 e. The van der Waals surface area contributed by atoms with Crippen LogP contribution in [0.25, 0.3) is 0 Å². The zero-order chi connectivity index (χ0) is 17.1. The topological polar surface area (TPSA) is 102 Å². The maximum atomic E-state index is 12.3. The van der Waals surface area contributed by atoms with Crippen LogP contribution in [0.4, 0.5) is 11.4 Å². The number of anilines is 2. The van der Waals surface area contributed by atoms with Crippen LogP contribution >= 0.6 is 0 Å². The van der Waals surface area contributed by atoms with Gasteiger partial charge in [0, 0.05) is 11.8 Å². The van der Waals surface area contributed by atoms with E-state index in [0.717, 1.165) is 6.26 Å². The van der Waals surface area contributed by atoms with Gasteiger partial charge in [0.05, 0.1) is 23.9 Å². The number of hydrogen-bond acceptors (Lipinski definition) is 5. The van der Waals surface area contributed by atoms with Crippen molar-refractivity contribution in [3.8, 4) is 5.75 Å². The van der Waals surface area contributed by atoms with Gasteiger partial charge in [-0.3, -0.25) is 9.44 Å². The van der Waals surface area contributed by atoms with E-state index >= 15 is 0 Å². The zero-order valence-corrected chi connectivity index (χ0v) is 14.1. The van der Waals surface area contributed by atoms with Gasteiger partial charge in [0.15, 0.2) is 0 Å². The van der Waals surface area contributed by atoms with Crippen molar-refractivity contribution in [3.05, 3.63) is 48.5 Å². The molecule has 0 unspecified atom stereocenters. The Morgan fingerprint density at radius 2 is 1.52 bits per heavy atom. The maximum absolute atomic E-state index is 12.3. The quantitative estimate of drug-likeness (QED) is 0.823. The lowest BCUT2D eigenvalue weighted by Crippen LogP contribution is -2.13. The van der Waals surface area contributed by atoms with Crippen LogP contribution in [0.1, 0.15) is 0 Å². The third-order valence-corrected chi connectivity index (χ3v) is 4.79. The summed E-state index contributed by atoms with van der Waals surface area (Å²) in [5, 5.41) is 0. The number of hydrogen-bond donors (Lipinski definition) is 2. The summed E-state index contributed by atoms with van der Waals surface area (Å²) in [5.74, 6) is 0.526. The molecule has 0 saturated heterocycles. The van der Waals surface area contributed by atoms with E-state index in [1.807, 2.05) is 0 Å². The van der Waals surface area contributed by atoms with Gasteiger partial charge in [-0.15, -0.1) is 0 Å². The van der Waals surface area contributed by atoms with Crippen molar-refractivity contribution in [2.75, 3.05) is 22.8 Å². The molecule has 2 N–H and O–H groups in total. The second-order valence-corrected chi connectivity index (χ2v) is 8.17. The van der Waals surface area contributed by atoms with Crippen LogP contribution in [0.5, 0.6) is 5.75 Å². The Hall–Kier alpha value is -2.26. The van der Waals surface area contributed by atoms with E-state index in [1.54, 1.807) is 24.3 Å². The molecule has 2 aromatic carbocycles. The van der Waals surface area contributed by atoms with Gasteiger partial charge in [0.2, 0.25) is 10.0 Å². The molecule has 0 aliphatic carbocycles. The predicted molar refractivity (Wildman–Crippen MR) is 88.7 cm³/mol. The van der Waals surface area contributed by atoms with Crippen LogP contribution in [0, 0.1) is 0 Å². The summed E-state index contributed by atoms with van der Waals surface area (Å²) in [6, 6.07) is 11.9. The Labute approximate surface area is 135 Å². The van der Waals surface area contributed by atoms with Gasteiger partial charge in [0.25, 0.3) is 10.0 Å². The summed E-state index contributed by atoms with van der Waals surface area (Å²) < 4.78 is 56.6. The van der Waals surface area contributed by atoms with E-state index in [0.29, 0.717) is 11.4 Å². The zero-order valence-electron chi connectivity index (χ0n) is 12.5. The molecule has 2 aromatic rings. The van der Waals surface area contributed by atoms with Crippen molar-refractivity contribution in [2.24, 2.45) is 0 Å². The first kappa shape index (κ1) is 17.1. The third kappa shape index (κ3) is 4.86. The molecule has 0 aliphatic rings. The van der Waals surface area contributed by atoms with Gasteiger partial charge in [-0.25, -0.2) is 16.8 Å². The number of sulfonamides is 2. The Morgan fingerprint density at radius 3 is 2.09 bits per heavy atom. The van der Waals surface area contributed by atoms with E-state index in [-0.39, 0.29) is 10.6 Å². The summed E-state index contributed by atoms with van der Waals surface area (Å²) in [6.07, 6.45) is 1.02. The van der Waals surface area contributed by atoms with Crippen LogP contribution in [0.15, 0.2) is 53.4 Å². The van der Waals surface area contributed by atoms with Gasteiger partial charge < -0.3 is 4.74 Å². The highest BCUT2D eigenvalue weighted by Gasteiger charge is 2.14. The van der Waals surface area contributed by atoms with Crippen molar-refractivity contribution < 1.29 is 21.6 Å². The highest BCUT2D eigenvalue weighted by molar-refractivity contribution is 7.92. The Kier molecular flexibility index (Phi) is 4.81. The monoisotopic (exact) mass is 356 g/mol. The van der Waals surface area contributed by atoms with Crippen LogP contribution in [0.3, 0.4) is 0 Å². The van der Waals surface area contributed by atoms with E-state index in [9.17, 15) is 16.8 Å². The van der Waals surface area contributed by atoms with Crippen LogP contribution < -0.4 is 14.2 Å². The number of nitrogens with one attached hydrogen (secondary N) is 2. The lowest BCUT2D eigenvalue weighted by molar-refractivity contribution is 0.415. The number of benzene rings is 2. The molecular formula is C14H16N2O5S2. The van der Waals surface area contributed by atoms with E-state index in [1.165, 1.54) is 31.4 Å². The van der Waals surface area contributed by atoms with Crippen LogP contribution in [-0.4, -0.2) is 30.2 Å². The largest absolute Gasteiger partial charge is 0.497 e.